The zero-order chi connectivity index (χ0) is 15.4. The minimum atomic E-state index is -1.20. The van der Waals surface area contributed by atoms with Crippen molar-refractivity contribution >= 4 is 18.0 Å². The van der Waals surface area contributed by atoms with Crippen molar-refractivity contribution in [3.05, 3.63) is 41.9 Å². The molecule has 1 aromatic carbocycles. The third-order valence-electron chi connectivity index (χ3n) is 2.56. The van der Waals surface area contributed by atoms with E-state index in [4.69, 9.17) is 4.74 Å². The molecule has 110 valence electrons. The molecule has 0 unspecified atom stereocenters. The van der Waals surface area contributed by atoms with Crippen molar-refractivity contribution in [2.24, 2.45) is 0 Å². The fraction of sp³-hybridized carbons (Fsp3) is 0.143. The number of carbonyl (C=O) groups excluding carboxylic acids is 2. The van der Waals surface area contributed by atoms with Crippen LogP contribution in [0.5, 0.6) is 11.5 Å². The molecule has 0 aliphatic carbocycles. The second-order valence-electron chi connectivity index (χ2n) is 4.29. The van der Waals surface area contributed by atoms with Gasteiger partial charge in [0.25, 0.3) is 0 Å². The predicted molar refractivity (Wildman–Crippen MR) is 70.1 cm³/mol. The summed E-state index contributed by atoms with van der Waals surface area (Å²) in [5.74, 6) is -2.11. The van der Waals surface area contributed by atoms with Gasteiger partial charge in [0.15, 0.2) is 0 Å². The van der Waals surface area contributed by atoms with E-state index in [1.165, 1.54) is 18.2 Å². The van der Waals surface area contributed by atoms with Gasteiger partial charge < -0.3 is 24.8 Å². The number of carbonyl (C=O) groups is 2. The highest BCUT2D eigenvalue weighted by atomic mass is 16.6. The van der Waals surface area contributed by atoms with Crippen molar-refractivity contribution in [1.82, 2.24) is 0 Å². The number of aliphatic hydroxyl groups is 1. The maximum Gasteiger partial charge on any atom is 0.352 e. The largest absolute Gasteiger partial charge is 0.509 e. The standard InChI is InChI=1S/C14H12O7/c15-9-3-8(4-10(16)5-9)1-2-13(18)21-12-6-11(17)7-20-14(12)19/h1-5,7,12,15-17H,6H2/t12-/m1/s1. The first-order valence-corrected chi connectivity index (χ1v) is 5.94. The quantitative estimate of drug-likeness (QED) is 0.569. The summed E-state index contributed by atoms with van der Waals surface area (Å²) < 4.78 is 9.31. The molecule has 1 heterocycles. The Morgan fingerprint density at radius 3 is 2.57 bits per heavy atom. The third-order valence-corrected chi connectivity index (χ3v) is 2.56. The Hall–Kier alpha value is -2.96. The van der Waals surface area contributed by atoms with Gasteiger partial charge in [-0.2, -0.15) is 0 Å². The van der Waals surface area contributed by atoms with Gasteiger partial charge in [-0.3, -0.25) is 0 Å². The number of rotatable bonds is 3. The van der Waals surface area contributed by atoms with Gasteiger partial charge >= 0.3 is 11.9 Å². The lowest BCUT2D eigenvalue weighted by molar-refractivity contribution is -0.163. The van der Waals surface area contributed by atoms with E-state index in [2.05, 4.69) is 4.74 Å². The average molecular weight is 292 g/mol. The first kappa shape index (κ1) is 14.4. The smallest absolute Gasteiger partial charge is 0.352 e. The molecule has 1 aliphatic rings. The van der Waals surface area contributed by atoms with Crippen LogP contribution < -0.4 is 0 Å². The summed E-state index contributed by atoms with van der Waals surface area (Å²) >= 11 is 0. The predicted octanol–water partition coefficient (Wildman–Crippen LogP) is 1.37. The van der Waals surface area contributed by atoms with Gasteiger partial charge in [-0.25, -0.2) is 9.59 Å². The Morgan fingerprint density at radius 2 is 1.90 bits per heavy atom. The van der Waals surface area contributed by atoms with Crippen LogP contribution in [0.25, 0.3) is 6.08 Å². The molecule has 7 nitrogen and oxygen atoms in total. The van der Waals surface area contributed by atoms with Crippen LogP contribution in [-0.4, -0.2) is 33.4 Å². The van der Waals surface area contributed by atoms with Gasteiger partial charge in [0.05, 0.1) is 6.42 Å². The summed E-state index contributed by atoms with van der Waals surface area (Å²) in [6.07, 6.45) is 1.86. The Labute approximate surface area is 119 Å². The highest BCUT2D eigenvalue weighted by Gasteiger charge is 2.28. The molecular weight excluding hydrogens is 280 g/mol. The van der Waals surface area contributed by atoms with Gasteiger partial charge in [-0.05, 0) is 23.8 Å². The lowest BCUT2D eigenvalue weighted by Crippen LogP contribution is -2.30. The molecule has 1 atom stereocenters. The summed E-state index contributed by atoms with van der Waals surface area (Å²) in [5, 5.41) is 27.8. The first-order valence-electron chi connectivity index (χ1n) is 5.94. The van der Waals surface area contributed by atoms with Crippen LogP contribution in [0.2, 0.25) is 0 Å². The number of phenols is 2. The maximum absolute atomic E-state index is 11.6. The Morgan fingerprint density at radius 1 is 1.24 bits per heavy atom. The molecule has 21 heavy (non-hydrogen) atoms. The highest BCUT2D eigenvalue weighted by Crippen LogP contribution is 2.21. The van der Waals surface area contributed by atoms with E-state index < -0.39 is 18.0 Å². The van der Waals surface area contributed by atoms with Crippen LogP contribution in [0, 0.1) is 0 Å². The molecule has 0 amide bonds. The SMILES string of the molecule is O=C(C=Cc1cc(O)cc(O)c1)O[C@@H]1CC(O)=COC1=O. The molecule has 0 aromatic heterocycles. The van der Waals surface area contributed by atoms with Crippen LogP contribution in [0.1, 0.15) is 12.0 Å². The van der Waals surface area contributed by atoms with E-state index in [1.54, 1.807) is 0 Å². The van der Waals surface area contributed by atoms with Gasteiger partial charge in [0, 0.05) is 12.1 Å². The van der Waals surface area contributed by atoms with Crippen LogP contribution in [0.4, 0.5) is 0 Å². The first-order chi connectivity index (χ1) is 9.94. The molecule has 1 aromatic rings. The van der Waals surface area contributed by atoms with Crippen molar-refractivity contribution in [2.75, 3.05) is 0 Å². The van der Waals surface area contributed by atoms with Crippen molar-refractivity contribution < 1.29 is 34.4 Å². The molecular formula is C14H12O7. The summed E-state index contributed by atoms with van der Waals surface area (Å²) in [6.45, 7) is 0. The lowest BCUT2D eigenvalue weighted by Gasteiger charge is -2.17. The zero-order valence-electron chi connectivity index (χ0n) is 10.7. The summed E-state index contributed by atoms with van der Waals surface area (Å²) in [4.78, 5) is 22.9. The fourth-order valence-corrected chi connectivity index (χ4v) is 1.67. The van der Waals surface area contributed by atoms with Crippen LogP contribution >= 0.6 is 0 Å². The van der Waals surface area contributed by atoms with E-state index in [1.807, 2.05) is 0 Å². The van der Waals surface area contributed by atoms with E-state index >= 15 is 0 Å². The van der Waals surface area contributed by atoms with Gasteiger partial charge in [0.1, 0.15) is 23.5 Å². The van der Waals surface area contributed by atoms with E-state index in [0.29, 0.717) is 5.56 Å². The summed E-state index contributed by atoms with van der Waals surface area (Å²) in [7, 11) is 0. The topological polar surface area (TPSA) is 113 Å². The molecule has 2 rings (SSSR count). The van der Waals surface area contributed by atoms with Crippen molar-refractivity contribution in [2.45, 2.75) is 12.5 Å². The molecule has 0 fully saturated rings. The van der Waals surface area contributed by atoms with Gasteiger partial charge in [0.2, 0.25) is 6.10 Å². The molecule has 0 bridgehead atoms. The maximum atomic E-state index is 11.6. The second-order valence-corrected chi connectivity index (χ2v) is 4.29. The number of hydrogen-bond donors (Lipinski definition) is 3. The minimum Gasteiger partial charge on any atom is -0.509 e. The number of aromatic hydroxyl groups is 2. The summed E-state index contributed by atoms with van der Waals surface area (Å²) in [6, 6.07) is 3.79. The van der Waals surface area contributed by atoms with Crippen LogP contribution in [-0.2, 0) is 19.1 Å². The van der Waals surface area contributed by atoms with Gasteiger partial charge in [-0.15, -0.1) is 0 Å². The molecule has 3 N–H and O–H groups in total. The highest BCUT2D eigenvalue weighted by molar-refractivity contribution is 5.89. The number of ether oxygens (including phenoxy) is 2. The lowest BCUT2D eigenvalue weighted by atomic mass is 10.2. The summed E-state index contributed by atoms with van der Waals surface area (Å²) in [5.41, 5.74) is 0.374. The van der Waals surface area contributed by atoms with Gasteiger partial charge in [-0.1, -0.05) is 0 Å². The fourth-order valence-electron chi connectivity index (χ4n) is 1.67. The monoisotopic (exact) mass is 292 g/mol. The van der Waals surface area contributed by atoms with Crippen molar-refractivity contribution in [3.63, 3.8) is 0 Å². The Balaban J connectivity index is 1.99. The average Bonchev–Trinajstić information content (AvgIpc) is 2.40. The molecule has 0 spiro atoms. The molecule has 7 heteroatoms. The minimum absolute atomic E-state index is 0.147. The zero-order valence-corrected chi connectivity index (χ0v) is 10.7. The van der Waals surface area contributed by atoms with E-state index in [-0.39, 0.29) is 23.7 Å². The van der Waals surface area contributed by atoms with E-state index in [9.17, 15) is 24.9 Å². The molecule has 0 radical (unpaired) electrons. The second kappa shape index (κ2) is 6.00. The number of phenolic OH excluding ortho intramolecular Hbond substituents is 2. The Kier molecular flexibility index (Phi) is 4.13. The Bertz CT molecular complexity index is 610. The molecule has 1 aliphatic heterocycles. The molecule has 0 saturated heterocycles. The third kappa shape index (κ3) is 4.00. The van der Waals surface area contributed by atoms with Crippen LogP contribution in [0.3, 0.4) is 0 Å². The normalized spacial score (nSPS) is 18.2. The van der Waals surface area contributed by atoms with Crippen molar-refractivity contribution in [3.8, 4) is 11.5 Å². The number of aliphatic hydroxyl groups excluding tert-OH is 1. The molecule has 0 saturated carbocycles. The van der Waals surface area contributed by atoms with Crippen LogP contribution in [0.15, 0.2) is 36.3 Å². The van der Waals surface area contributed by atoms with Crippen molar-refractivity contribution in [1.29, 1.82) is 0 Å². The number of cyclic esters (lactones) is 1. The number of benzene rings is 1. The number of esters is 2. The number of hydrogen-bond acceptors (Lipinski definition) is 7. The van der Waals surface area contributed by atoms with E-state index in [0.717, 1.165) is 18.4 Å².